The number of nitrogens with zero attached hydrogens (tertiary/aromatic N) is 1. The lowest BCUT2D eigenvalue weighted by atomic mass is 10.0. The zero-order valence-corrected chi connectivity index (χ0v) is 18.8. The van der Waals surface area contributed by atoms with Gasteiger partial charge in [0.1, 0.15) is 5.75 Å². The van der Waals surface area contributed by atoms with E-state index in [9.17, 15) is 9.59 Å². The maximum atomic E-state index is 12.7. The van der Waals surface area contributed by atoms with Crippen LogP contribution < -0.4 is 10.2 Å². The van der Waals surface area contributed by atoms with Gasteiger partial charge in [-0.15, -0.1) is 0 Å². The molecule has 1 N–H and O–H groups in total. The largest absolute Gasteiger partial charge is 0.422 e. The Morgan fingerprint density at radius 2 is 1.69 bits per heavy atom. The van der Waals surface area contributed by atoms with Crippen LogP contribution in [0.1, 0.15) is 31.8 Å². The number of rotatable bonds is 5. The average Bonchev–Trinajstić information content (AvgIpc) is 2.80. The summed E-state index contributed by atoms with van der Waals surface area (Å²) in [6, 6.07) is 25.5. The lowest BCUT2D eigenvalue weighted by Gasteiger charge is -2.08. The number of nitrogens with one attached hydrogen (secondary N) is 1. The van der Waals surface area contributed by atoms with Gasteiger partial charge in [-0.1, -0.05) is 70.0 Å². The van der Waals surface area contributed by atoms with Crippen LogP contribution in [0.4, 0.5) is 0 Å². The quantitative estimate of drug-likeness (QED) is 0.165. The van der Waals surface area contributed by atoms with E-state index in [1.54, 1.807) is 36.4 Å². The van der Waals surface area contributed by atoms with Gasteiger partial charge in [-0.2, -0.15) is 5.10 Å². The third-order valence-electron chi connectivity index (χ3n) is 4.87. The number of amides is 1. The molecule has 1 amide bonds. The average molecular weight is 487 g/mol. The molecule has 0 aliphatic heterocycles. The van der Waals surface area contributed by atoms with Gasteiger partial charge in [0.25, 0.3) is 5.91 Å². The molecule has 6 heteroatoms. The molecule has 0 radical (unpaired) electrons. The maximum Gasteiger partial charge on any atom is 0.343 e. The molecule has 0 spiro atoms. The van der Waals surface area contributed by atoms with Crippen LogP contribution in [-0.4, -0.2) is 18.1 Å². The first-order chi connectivity index (χ1) is 15.5. The fourth-order valence-corrected chi connectivity index (χ4v) is 3.58. The van der Waals surface area contributed by atoms with E-state index in [1.807, 2.05) is 55.5 Å². The van der Waals surface area contributed by atoms with Crippen LogP contribution in [0.2, 0.25) is 0 Å². The van der Waals surface area contributed by atoms with Crippen molar-refractivity contribution in [3.05, 3.63) is 112 Å². The van der Waals surface area contributed by atoms with Crippen molar-refractivity contribution >= 4 is 44.8 Å². The molecule has 0 bridgehead atoms. The molecular weight excluding hydrogens is 468 g/mol. The number of halogens is 1. The smallest absolute Gasteiger partial charge is 0.343 e. The fourth-order valence-electron chi connectivity index (χ4n) is 3.21. The molecule has 0 heterocycles. The molecule has 32 heavy (non-hydrogen) atoms. The number of hydrazone groups is 1. The number of ether oxygens (including phenoxy) is 1. The number of hydrogen-bond acceptors (Lipinski definition) is 4. The van der Waals surface area contributed by atoms with E-state index >= 15 is 0 Å². The Bertz CT molecular complexity index is 1330. The van der Waals surface area contributed by atoms with Crippen LogP contribution in [0.5, 0.6) is 5.75 Å². The van der Waals surface area contributed by atoms with E-state index in [1.165, 1.54) is 6.21 Å². The zero-order chi connectivity index (χ0) is 22.5. The predicted octanol–water partition coefficient (Wildman–Crippen LogP) is 5.89. The first-order valence-electron chi connectivity index (χ1n) is 9.91. The summed E-state index contributed by atoms with van der Waals surface area (Å²) in [5.41, 5.74) is 5.13. The summed E-state index contributed by atoms with van der Waals surface area (Å²) in [6.07, 6.45) is 1.45. The van der Waals surface area contributed by atoms with E-state index < -0.39 is 5.97 Å². The molecule has 0 fully saturated rings. The minimum Gasteiger partial charge on any atom is -0.422 e. The maximum absolute atomic E-state index is 12.7. The second kappa shape index (κ2) is 9.58. The highest BCUT2D eigenvalue weighted by Gasteiger charge is 2.12. The Labute approximate surface area is 193 Å². The van der Waals surface area contributed by atoms with Crippen molar-refractivity contribution in [2.24, 2.45) is 5.10 Å². The SMILES string of the molecule is Cc1ccc(C(=O)Oc2ccc(Br)cc2/C=N/NC(=O)c2cccc3ccccc23)cc1. The monoisotopic (exact) mass is 486 g/mol. The molecule has 158 valence electrons. The van der Waals surface area contributed by atoms with E-state index in [2.05, 4.69) is 26.5 Å². The van der Waals surface area contributed by atoms with Crippen molar-refractivity contribution in [3.8, 4) is 5.75 Å². The lowest BCUT2D eigenvalue weighted by Crippen LogP contribution is -2.18. The molecular formula is C26H19BrN2O3. The first kappa shape index (κ1) is 21.5. The molecule has 0 aromatic heterocycles. The predicted molar refractivity (Wildman–Crippen MR) is 129 cm³/mol. The minimum atomic E-state index is -0.471. The highest BCUT2D eigenvalue weighted by molar-refractivity contribution is 9.10. The Morgan fingerprint density at radius 3 is 2.50 bits per heavy atom. The molecule has 0 aliphatic rings. The number of aryl methyl sites for hydroxylation is 1. The van der Waals surface area contributed by atoms with Gasteiger partial charge in [-0.25, -0.2) is 10.2 Å². The molecule has 4 aromatic carbocycles. The summed E-state index contributed by atoms with van der Waals surface area (Å²) in [5, 5.41) is 5.90. The third-order valence-corrected chi connectivity index (χ3v) is 5.36. The number of esters is 1. The van der Waals surface area contributed by atoms with Gasteiger partial charge < -0.3 is 4.74 Å². The molecule has 0 unspecified atom stereocenters. The second-order valence-electron chi connectivity index (χ2n) is 7.16. The number of carbonyl (C=O) groups is 2. The summed E-state index contributed by atoms with van der Waals surface area (Å²) in [5.74, 6) is -0.463. The summed E-state index contributed by atoms with van der Waals surface area (Å²) in [4.78, 5) is 25.2. The standard InChI is InChI=1S/C26H19BrN2O3/c1-17-9-11-19(12-10-17)26(31)32-24-14-13-21(27)15-20(24)16-28-29-25(30)23-8-4-6-18-5-2-3-7-22(18)23/h2-16H,1H3,(H,29,30)/b28-16+. The van der Waals surface area contributed by atoms with Crippen LogP contribution >= 0.6 is 15.9 Å². The molecule has 0 saturated heterocycles. The van der Waals surface area contributed by atoms with E-state index in [4.69, 9.17) is 4.74 Å². The molecule has 0 aliphatic carbocycles. The van der Waals surface area contributed by atoms with E-state index in [0.29, 0.717) is 22.4 Å². The normalized spacial score (nSPS) is 10.9. The van der Waals surface area contributed by atoms with Gasteiger partial charge in [0, 0.05) is 15.6 Å². The van der Waals surface area contributed by atoms with E-state index in [0.717, 1.165) is 20.8 Å². The van der Waals surface area contributed by atoms with Gasteiger partial charge >= 0.3 is 5.97 Å². The topological polar surface area (TPSA) is 67.8 Å². The van der Waals surface area contributed by atoms with Gasteiger partial charge in [-0.05, 0) is 54.1 Å². The number of benzene rings is 4. The Kier molecular flexibility index (Phi) is 6.42. The van der Waals surface area contributed by atoms with Crippen molar-refractivity contribution in [2.75, 3.05) is 0 Å². The van der Waals surface area contributed by atoms with Crippen LogP contribution in [0, 0.1) is 6.92 Å². The van der Waals surface area contributed by atoms with Gasteiger partial charge in [-0.3, -0.25) is 4.79 Å². The zero-order valence-electron chi connectivity index (χ0n) is 17.2. The summed E-state index contributed by atoms with van der Waals surface area (Å²) in [7, 11) is 0. The third kappa shape index (κ3) is 4.92. The Morgan fingerprint density at radius 1 is 0.938 bits per heavy atom. The summed E-state index contributed by atoms with van der Waals surface area (Å²) >= 11 is 3.41. The first-order valence-corrected chi connectivity index (χ1v) is 10.7. The summed E-state index contributed by atoms with van der Waals surface area (Å²) < 4.78 is 6.35. The fraction of sp³-hybridized carbons (Fsp3) is 0.0385. The van der Waals surface area contributed by atoms with Crippen molar-refractivity contribution in [1.29, 1.82) is 0 Å². The molecule has 4 aromatic rings. The van der Waals surface area contributed by atoms with Crippen molar-refractivity contribution in [2.45, 2.75) is 6.92 Å². The highest BCUT2D eigenvalue weighted by atomic mass is 79.9. The van der Waals surface area contributed by atoms with Gasteiger partial charge in [0.05, 0.1) is 11.8 Å². The van der Waals surface area contributed by atoms with Crippen LogP contribution in [0.3, 0.4) is 0 Å². The molecule has 0 atom stereocenters. The highest BCUT2D eigenvalue weighted by Crippen LogP contribution is 2.23. The second-order valence-corrected chi connectivity index (χ2v) is 8.08. The number of carbonyl (C=O) groups excluding carboxylic acids is 2. The van der Waals surface area contributed by atoms with Crippen molar-refractivity contribution in [3.63, 3.8) is 0 Å². The van der Waals surface area contributed by atoms with Gasteiger partial charge in [0.15, 0.2) is 0 Å². The Balaban J connectivity index is 1.52. The number of fused-ring (bicyclic) bond motifs is 1. The summed E-state index contributed by atoms with van der Waals surface area (Å²) in [6.45, 7) is 1.95. The lowest BCUT2D eigenvalue weighted by molar-refractivity contribution is 0.0734. The van der Waals surface area contributed by atoms with Crippen LogP contribution in [0.15, 0.2) is 94.5 Å². The molecule has 4 rings (SSSR count). The van der Waals surface area contributed by atoms with Crippen molar-refractivity contribution < 1.29 is 14.3 Å². The minimum absolute atomic E-state index is 0.328. The van der Waals surface area contributed by atoms with Gasteiger partial charge in [0.2, 0.25) is 0 Å². The Hall–Kier alpha value is -3.77. The molecule has 5 nitrogen and oxygen atoms in total. The van der Waals surface area contributed by atoms with Crippen LogP contribution in [0.25, 0.3) is 10.8 Å². The van der Waals surface area contributed by atoms with E-state index in [-0.39, 0.29) is 5.91 Å². The van der Waals surface area contributed by atoms with Crippen molar-refractivity contribution in [1.82, 2.24) is 5.43 Å². The van der Waals surface area contributed by atoms with Crippen LogP contribution in [-0.2, 0) is 0 Å². The molecule has 0 saturated carbocycles. The number of hydrogen-bond donors (Lipinski definition) is 1.